The van der Waals surface area contributed by atoms with Gasteiger partial charge in [0.05, 0.1) is 24.3 Å². The summed E-state index contributed by atoms with van der Waals surface area (Å²) in [6, 6.07) is 18.4. The lowest BCUT2D eigenvalue weighted by Crippen LogP contribution is -2.42. The van der Waals surface area contributed by atoms with Crippen LogP contribution >= 0.6 is 0 Å². The average Bonchev–Trinajstić information content (AvgIpc) is 2.91. The van der Waals surface area contributed by atoms with Gasteiger partial charge < -0.3 is 15.8 Å². The average molecular weight is 540 g/mol. The Morgan fingerprint density at radius 2 is 1.77 bits per heavy atom. The molecule has 0 saturated carbocycles. The highest BCUT2D eigenvalue weighted by molar-refractivity contribution is 6.05. The second-order valence-electron chi connectivity index (χ2n) is 10.9. The van der Waals surface area contributed by atoms with Gasteiger partial charge in [0, 0.05) is 17.2 Å². The zero-order valence-electron chi connectivity index (χ0n) is 23.4. The summed E-state index contributed by atoms with van der Waals surface area (Å²) >= 11 is 0. The van der Waals surface area contributed by atoms with Crippen molar-refractivity contribution < 1.29 is 9.53 Å². The Morgan fingerprint density at radius 1 is 1.07 bits per heavy atom. The molecule has 40 heavy (non-hydrogen) atoms. The molecule has 0 radical (unpaired) electrons. The van der Waals surface area contributed by atoms with Crippen LogP contribution in [-0.4, -0.2) is 22.8 Å². The molecule has 0 aliphatic heterocycles. The lowest BCUT2D eigenvalue weighted by Gasteiger charge is -2.32. The molecule has 0 saturated heterocycles. The summed E-state index contributed by atoms with van der Waals surface area (Å²) in [5.74, 6) is 0.931. The summed E-state index contributed by atoms with van der Waals surface area (Å²) in [5, 5.41) is 21.4. The van der Waals surface area contributed by atoms with E-state index in [9.17, 15) is 4.79 Å². The number of ether oxygens (including phenoxy) is 1. The van der Waals surface area contributed by atoms with Crippen molar-refractivity contribution in [2.45, 2.75) is 52.7 Å². The van der Waals surface area contributed by atoms with Crippen LogP contribution in [0.4, 0.5) is 10.5 Å². The number of pyridine rings is 1. The second kappa shape index (κ2) is 12.0. The molecular formula is C31H37N7O2. The van der Waals surface area contributed by atoms with E-state index in [1.165, 1.54) is 4.57 Å². The van der Waals surface area contributed by atoms with Crippen LogP contribution in [0.15, 0.2) is 83.6 Å². The van der Waals surface area contributed by atoms with Gasteiger partial charge in [-0.3, -0.25) is 20.7 Å². The summed E-state index contributed by atoms with van der Waals surface area (Å²) in [7, 11) is 0. The largest absolute Gasteiger partial charge is 0.484 e. The van der Waals surface area contributed by atoms with Crippen LogP contribution in [0.5, 0.6) is 5.75 Å². The smallest absolute Gasteiger partial charge is 0.320 e. The van der Waals surface area contributed by atoms with Gasteiger partial charge in [-0.15, -0.1) is 0 Å². The highest BCUT2D eigenvalue weighted by Crippen LogP contribution is 2.38. The number of nitrogens with one attached hydrogen (secondary N) is 4. The Hall–Kier alpha value is -4.66. The number of allylic oxidation sites excluding steroid dienone is 1. The Kier molecular flexibility index (Phi) is 8.52. The van der Waals surface area contributed by atoms with Crippen molar-refractivity contribution in [2.24, 2.45) is 16.1 Å². The van der Waals surface area contributed by atoms with Gasteiger partial charge in [-0.05, 0) is 55.2 Å². The lowest BCUT2D eigenvalue weighted by atomic mass is 9.85. The molecule has 2 aromatic carbocycles. The number of nitrogens with two attached hydrogens (primary N) is 1. The maximum Gasteiger partial charge on any atom is 0.320 e. The quantitative estimate of drug-likeness (QED) is 0.205. The van der Waals surface area contributed by atoms with Crippen LogP contribution in [0, 0.1) is 23.2 Å². The normalized spacial score (nSPS) is 17.5. The van der Waals surface area contributed by atoms with Gasteiger partial charge in [-0.2, -0.15) is 0 Å². The molecule has 1 heterocycles. The monoisotopic (exact) mass is 539 g/mol. The fourth-order valence-corrected chi connectivity index (χ4v) is 4.39. The van der Waals surface area contributed by atoms with E-state index in [0.29, 0.717) is 35.8 Å². The van der Waals surface area contributed by atoms with Crippen LogP contribution in [-0.2, 0) is 0 Å². The predicted molar refractivity (Wildman–Crippen MR) is 158 cm³/mol. The summed E-state index contributed by atoms with van der Waals surface area (Å²) in [6.07, 6.45) is 5.53. The van der Waals surface area contributed by atoms with Crippen LogP contribution < -0.4 is 26.6 Å². The van der Waals surface area contributed by atoms with Crippen LogP contribution in [0.1, 0.15) is 62.4 Å². The van der Waals surface area contributed by atoms with E-state index in [0.717, 1.165) is 23.0 Å². The van der Waals surface area contributed by atoms with E-state index in [1.807, 2.05) is 76.2 Å². The molecule has 208 valence electrons. The van der Waals surface area contributed by atoms with Crippen molar-refractivity contribution >= 4 is 23.9 Å². The highest BCUT2D eigenvalue weighted by atomic mass is 16.5. The fourth-order valence-electron chi connectivity index (χ4n) is 4.39. The number of rotatable bonds is 6. The molecule has 0 spiro atoms. The number of amides is 2. The van der Waals surface area contributed by atoms with Crippen LogP contribution in [0.2, 0.25) is 0 Å². The molecule has 2 atom stereocenters. The number of hydrogen-bond acceptors (Lipinski definition) is 6. The fraction of sp³-hybridized carbons (Fsp3) is 0.290. The minimum atomic E-state index is -0.374. The highest BCUT2D eigenvalue weighted by Gasteiger charge is 2.29. The van der Waals surface area contributed by atoms with E-state index >= 15 is 0 Å². The van der Waals surface area contributed by atoms with E-state index in [-0.39, 0.29) is 29.1 Å². The van der Waals surface area contributed by atoms with Gasteiger partial charge in [0.2, 0.25) is 0 Å². The molecular weight excluding hydrogens is 502 g/mol. The molecule has 1 aliphatic carbocycles. The molecule has 9 nitrogen and oxygen atoms in total. The standard InChI is InChI=1S/C31H37N7O2/c1-20-9-11-21(12-10-20)35-29(17-27(33)31(2,3)4)37-30(39)36-25-14-15-26(24-8-6-5-7-23(24)25)40-22-13-16-28(34)38(18-22)19-32/h5-13,16-19,25-26,32,34H,14-15,33H2,1-4H3,(H2,35,36,37,39)/b27-17-,32-19?,34-28?/t25-,26+/m0/s1. The van der Waals surface area contributed by atoms with Crippen molar-refractivity contribution in [3.63, 3.8) is 0 Å². The summed E-state index contributed by atoms with van der Waals surface area (Å²) in [6.45, 7) is 8.03. The second-order valence-corrected chi connectivity index (χ2v) is 10.9. The molecule has 6 N–H and O–H groups in total. The molecule has 3 aromatic rings. The molecule has 2 amide bonds. The molecule has 0 unspecified atom stereocenters. The Balaban J connectivity index is 1.53. The maximum absolute atomic E-state index is 13.2. The van der Waals surface area contributed by atoms with Crippen molar-refractivity contribution in [2.75, 3.05) is 0 Å². The minimum Gasteiger partial charge on any atom is -0.484 e. The summed E-state index contributed by atoms with van der Waals surface area (Å²) in [4.78, 5) is 17.9. The Labute approximate surface area is 234 Å². The van der Waals surface area contributed by atoms with Gasteiger partial charge in [0.1, 0.15) is 23.2 Å². The van der Waals surface area contributed by atoms with Gasteiger partial charge in [0.25, 0.3) is 0 Å². The third-order valence-electron chi connectivity index (χ3n) is 6.79. The first kappa shape index (κ1) is 28.4. The van der Waals surface area contributed by atoms with Crippen LogP contribution in [0.3, 0.4) is 0 Å². The third-order valence-corrected chi connectivity index (χ3v) is 6.79. The Morgan fingerprint density at radius 3 is 2.45 bits per heavy atom. The van der Waals surface area contributed by atoms with E-state index < -0.39 is 0 Å². The number of aryl methyl sites for hydroxylation is 1. The van der Waals surface area contributed by atoms with Crippen molar-refractivity contribution in [1.29, 1.82) is 10.8 Å². The number of fused-ring (bicyclic) bond motifs is 1. The number of hydrogen-bond donors (Lipinski definition) is 5. The number of nitrogens with zero attached hydrogens (tertiary/aromatic N) is 2. The van der Waals surface area contributed by atoms with E-state index in [4.69, 9.17) is 21.3 Å². The molecule has 9 heteroatoms. The molecule has 0 bridgehead atoms. The first-order chi connectivity index (χ1) is 19.0. The Bertz CT molecular complexity index is 1500. The number of aliphatic imine (C=N–C) groups is 1. The minimum absolute atomic E-state index is 0.200. The summed E-state index contributed by atoms with van der Waals surface area (Å²) in [5.41, 5.74) is 10.6. The van der Waals surface area contributed by atoms with Gasteiger partial charge >= 0.3 is 6.03 Å². The van der Waals surface area contributed by atoms with Crippen molar-refractivity contribution in [3.8, 4) is 5.75 Å². The number of carbonyl (C=O) groups is 1. The number of carbonyl (C=O) groups excluding carboxylic acids is 1. The van der Waals surface area contributed by atoms with Crippen molar-refractivity contribution in [3.05, 3.63) is 101 Å². The lowest BCUT2D eigenvalue weighted by molar-refractivity contribution is 0.171. The first-order valence-corrected chi connectivity index (χ1v) is 13.3. The van der Waals surface area contributed by atoms with E-state index in [2.05, 4.69) is 15.6 Å². The SMILES string of the molecule is Cc1ccc(N=C(/C=C(\N)C(C)(C)C)NC(=O)N[C@H]2CC[C@@H](Oc3ccc(=N)n(C=N)c3)c3ccccc32)cc1. The van der Waals surface area contributed by atoms with Crippen molar-refractivity contribution in [1.82, 2.24) is 15.2 Å². The topological polar surface area (TPSA) is 141 Å². The van der Waals surface area contributed by atoms with Crippen LogP contribution in [0.25, 0.3) is 0 Å². The molecule has 1 aromatic heterocycles. The molecule has 0 fully saturated rings. The zero-order chi connectivity index (χ0) is 28.9. The van der Waals surface area contributed by atoms with E-state index in [1.54, 1.807) is 24.4 Å². The molecule has 4 rings (SSSR count). The van der Waals surface area contributed by atoms with Gasteiger partial charge in [-0.1, -0.05) is 62.7 Å². The maximum atomic E-state index is 13.2. The molecule has 1 aliphatic rings. The first-order valence-electron chi connectivity index (χ1n) is 13.3. The summed E-state index contributed by atoms with van der Waals surface area (Å²) < 4.78 is 7.66. The number of urea groups is 1. The third kappa shape index (κ3) is 7.05. The number of benzene rings is 2. The predicted octanol–water partition coefficient (Wildman–Crippen LogP) is 5.60. The van der Waals surface area contributed by atoms with Gasteiger partial charge in [0.15, 0.2) is 0 Å². The number of amidine groups is 1. The number of aromatic nitrogens is 1. The van der Waals surface area contributed by atoms with Gasteiger partial charge in [-0.25, -0.2) is 9.79 Å². The zero-order valence-corrected chi connectivity index (χ0v) is 23.4.